The third-order valence-corrected chi connectivity index (χ3v) is 8.49. The van der Waals surface area contributed by atoms with Crippen LogP contribution in [-0.4, -0.2) is 0 Å². The minimum atomic E-state index is -0.487. The van der Waals surface area contributed by atoms with Crippen molar-refractivity contribution < 1.29 is 0 Å². The van der Waals surface area contributed by atoms with Crippen molar-refractivity contribution in [3.63, 3.8) is 0 Å². The number of benzene rings is 3. The molecule has 0 fully saturated rings. The van der Waals surface area contributed by atoms with Crippen LogP contribution < -0.4 is 15.9 Å². The zero-order valence-corrected chi connectivity index (χ0v) is 20.2. The van der Waals surface area contributed by atoms with Gasteiger partial charge in [-0.3, -0.25) is 0 Å². The largest absolute Gasteiger partial charge is 0.0654 e. The number of hydrogen-bond donors (Lipinski definition) is 0. The highest BCUT2D eigenvalue weighted by atomic mass is 31.1. The van der Waals surface area contributed by atoms with Crippen LogP contribution in [0.3, 0.4) is 0 Å². The van der Waals surface area contributed by atoms with Crippen molar-refractivity contribution in [2.75, 3.05) is 0 Å². The third-order valence-electron chi connectivity index (χ3n) is 6.04. The molecule has 0 bridgehead atoms. The molecule has 0 aliphatic carbocycles. The van der Waals surface area contributed by atoms with Crippen LogP contribution in [0.1, 0.15) is 76.7 Å². The van der Waals surface area contributed by atoms with Crippen LogP contribution in [0, 0.1) is 0 Å². The summed E-state index contributed by atoms with van der Waals surface area (Å²) in [5.74, 6) is 0. The van der Waals surface area contributed by atoms with Gasteiger partial charge in [0.05, 0.1) is 0 Å². The maximum Gasteiger partial charge on any atom is -0.0134 e. The highest BCUT2D eigenvalue weighted by Gasteiger charge is 2.15. The molecule has 0 atom stereocenters. The molecule has 0 nitrogen and oxygen atoms in total. The molecule has 0 aliphatic rings. The Balaban J connectivity index is 1.47. The SMILES string of the molecule is CCCCCCCCCCCCc1ccc(P(c2ccccc2)c2ccccc2)cc1. The Morgan fingerprint density at radius 2 is 0.871 bits per heavy atom. The van der Waals surface area contributed by atoms with Gasteiger partial charge in [0.15, 0.2) is 0 Å². The number of unbranched alkanes of at least 4 members (excludes halogenated alkanes) is 9. The van der Waals surface area contributed by atoms with Crippen molar-refractivity contribution in [2.45, 2.75) is 77.6 Å². The van der Waals surface area contributed by atoms with E-state index in [4.69, 9.17) is 0 Å². The van der Waals surface area contributed by atoms with E-state index >= 15 is 0 Å². The lowest BCUT2D eigenvalue weighted by atomic mass is 10.0. The molecular formula is C30H39P. The van der Waals surface area contributed by atoms with Crippen LogP contribution in [0.15, 0.2) is 84.9 Å². The van der Waals surface area contributed by atoms with Gasteiger partial charge in [-0.25, -0.2) is 0 Å². The predicted octanol–water partition coefficient (Wildman–Crippen LogP) is 7.91. The van der Waals surface area contributed by atoms with Gasteiger partial charge in [0.1, 0.15) is 0 Å². The van der Waals surface area contributed by atoms with Gasteiger partial charge in [-0.2, -0.15) is 0 Å². The average Bonchev–Trinajstić information content (AvgIpc) is 2.83. The van der Waals surface area contributed by atoms with Gasteiger partial charge in [0.2, 0.25) is 0 Å². The second-order valence-electron chi connectivity index (χ2n) is 8.60. The standard InChI is InChI=1S/C30H39P/c1-2-3-4-5-6-7-8-9-10-13-18-27-23-25-30(26-24-27)31(28-19-14-11-15-20-28)29-21-16-12-17-22-29/h11-12,14-17,19-26H,2-10,13,18H2,1H3. The van der Waals surface area contributed by atoms with Crippen molar-refractivity contribution in [1.82, 2.24) is 0 Å². The lowest BCUT2D eigenvalue weighted by molar-refractivity contribution is 0.556. The lowest BCUT2D eigenvalue weighted by Crippen LogP contribution is -2.20. The molecule has 0 spiro atoms. The summed E-state index contributed by atoms with van der Waals surface area (Å²) in [6.07, 6.45) is 15.2. The Kier molecular flexibility index (Phi) is 10.9. The Morgan fingerprint density at radius 3 is 1.35 bits per heavy atom. The fourth-order valence-corrected chi connectivity index (χ4v) is 6.51. The summed E-state index contributed by atoms with van der Waals surface area (Å²) < 4.78 is 0. The fourth-order valence-electron chi connectivity index (χ4n) is 4.23. The molecule has 0 saturated carbocycles. The first kappa shape index (κ1) is 23.7. The molecule has 0 aromatic heterocycles. The van der Waals surface area contributed by atoms with E-state index in [9.17, 15) is 0 Å². The fraction of sp³-hybridized carbons (Fsp3) is 0.400. The highest BCUT2D eigenvalue weighted by Crippen LogP contribution is 2.32. The maximum atomic E-state index is 2.37. The van der Waals surface area contributed by atoms with Crippen LogP contribution in [0.5, 0.6) is 0 Å². The summed E-state index contributed by atoms with van der Waals surface area (Å²) in [5, 5.41) is 4.29. The molecule has 0 radical (unpaired) electrons. The van der Waals surface area contributed by atoms with Crippen molar-refractivity contribution >= 4 is 23.8 Å². The summed E-state index contributed by atoms with van der Waals surface area (Å²) in [7, 11) is -0.487. The molecule has 0 heterocycles. The molecule has 0 amide bonds. The summed E-state index contributed by atoms with van der Waals surface area (Å²) in [6, 6.07) is 31.4. The number of hydrogen-bond acceptors (Lipinski definition) is 0. The summed E-state index contributed by atoms with van der Waals surface area (Å²) in [5.41, 5.74) is 1.49. The van der Waals surface area contributed by atoms with E-state index in [1.807, 2.05) is 0 Å². The van der Waals surface area contributed by atoms with Crippen molar-refractivity contribution in [2.24, 2.45) is 0 Å². The molecule has 31 heavy (non-hydrogen) atoms. The van der Waals surface area contributed by atoms with Gasteiger partial charge in [-0.05, 0) is 42.2 Å². The zero-order valence-electron chi connectivity index (χ0n) is 19.3. The lowest BCUT2D eigenvalue weighted by Gasteiger charge is -2.19. The molecule has 0 saturated heterocycles. The van der Waals surface area contributed by atoms with E-state index < -0.39 is 7.92 Å². The van der Waals surface area contributed by atoms with Crippen molar-refractivity contribution in [1.29, 1.82) is 0 Å². The molecule has 3 aromatic rings. The molecule has 3 aromatic carbocycles. The first-order valence-electron chi connectivity index (χ1n) is 12.4. The minimum absolute atomic E-state index is 0.487. The Labute approximate surface area is 191 Å². The second-order valence-corrected chi connectivity index (χ2v) is 10.8. The predicted molar refractivity (Wildman–Crippen MR) is 141 cm³/mol. The van der Waals surface area contributed by atoms with Crippen LogP contribution in [0.4, 0.5) is 0 Å². The van der Waals surface area contributed by atoms with E-state index in [2.05, 4.69) is 91.9 Å². The van der Waals surface area contributed by atoms with E-state index in [0.29, 0.717) is 0 Å². The van der Waals surface area contributed by atoms with Gasteiger partial charge in [-0.15, -0.1) is 0 Å². The molecule has 164 valence electrons. The number of rotatable bonds is 14. The average molecular weight is 431 g/mol. The smallest absolute Gasteiger partial charge is 0.0134 e. The van der Waals surface area contributed by atoms with E-state index in [-0.39, 0.29) is 0 Å². The van der Waals surface area contributed by atoms with Crippen LogP contribution in [-0.2, 0) is 6.42 Å². The molecular weight excluding hydrogens is 391 g/mol. The summed E-state index contributed by atoms with van der Waals surface area (Å²) in [4.78, 5) is 0. The maximum absolute atomic E-state index is 2.37. The highest BCUT2D eigenvalue weighted by molar-refractivity contribution is 7.79. The molecule has 0 unspecified atom stereocenters. The van der Waals surface area contributed by atoms with Crippen LogP contribution in [0.25, 0.3) is 0 Å². The Bertz CT molecular complexity index is 784. The van der Waals surface area contributed by atoms with Crippen molar-refractivity contribution in [3.05, 3.63) is 90.5 Å². The van der Waals surface area contributed by atoms with E-state index in [0.717, 1.165) is 0 Å². The van der Waals surface area contributed by atoms with Gasteiger partial charge in [0, 0.05) is 0 Å². The Hall–Kier alpha value is -1.91. The normalized spacial score (nSPS) is 11.2. The summed E-state index contributed by atoms with van der Waals surface area (Å²) >= 11 is 0. The van der Waals surface area contributed by atoms with Gasteiger partial charge >= 0.3 is 0 Å². The third kappa shape index (κ3) is 8.27. The molecule has 0 aliphatic heterocycles. The van der Waals surface area contributed by atoms with Crippen LogP contribution >= 0.6 is 7.92 Å². The molecule has 0 N–H and O–H groups in total. The molecule has 3 rings (SSSR count). The van der Waals surface area contributed by atoms with E-state index in [1.165, 1.54) is 92.1 Å². The topological polar surface area (TPSA) is 0 Å². The van der Waals surface area contributed by atoms with Gasteiger partial charge in [0.25, 0.3) is 0 Å². The monoisotopic (exact) mass is 430 g/mol. The first-order chi connectivity index (χ1) is 15.4. The Morgan fingerprint density at radius 1 is 0.452 bits per heavy atom. The molecule has 1 heteroatoms. The van der Waals surface area contributed by atoms with Crippen LogP contribution in [0.2, 0.25) is 0 Å². The number of aryl methyl sites for hydroxylation is 1. The van der Waals surface area contributed by atoms with Gasteiger partial charge in [-0.1, -0.05) is 150 Å². The van der Waals surface area contributed by atoms with Gasteiger partial charge < -0.3 is 0 Å². The first-order valence-corrected chi connectivity index (χ1v) is 13.7. The summed E-state index contributed by atoms with van der Waals surface area (Å²) in [6.45, 7) is 2.29. The van der Waals surface area contributed by atoms with E-state index in [1.54, 1.807) is 0 Å². The quantitative estimate of drug-likeness (QED) is 0.180. The second kappa shape index (κ2) is 14.2. The zero-order chi connectivity index (χ0) is 21.6. The minimum Gasteiger partial charge on any atom is -0.0654 e. The van der Waals surface area contributed by atoms with Crippen molar-refractivity contribution in [3.8, 4) is 0 Å².